The molecule has 2 aliphatic rings. The maximum Gasteiger partial charge on any atom is 0.236 e. The van der Waals surface area contributed by atoms with Gasteiger partial charge in [-0.15, -0.1) is 0 Å². The van der Waals surface area contributed by atoms with Crippen molar-refractivity contribution in [2.75, 3.05) is 17.8 Å². The van der Waals surface area contributed by atoms with Crippen LogP contribution in [0.1, 0.15) is 11.1 Å². The van der Waals surface area contributed by atoms with Crippen LogP contribution in [0.15, 0.2) is 58.9 Å². The zero-order valence-corrected chi connectivity index (χ0v) is 15.4. The van der Waals surface area contributed by atoms with Gasteiger partial charge in [0.2, 0.25) is 10.0 Å². The average molecular weight is 389 g/mol. The van der Waals surface area contributed by atoms with E-state index in [9.17, 15) is 12.8 Å². The molecule has 0 amide bonds. The average Bonchev–Trinajstić information content (AvgIpc) is 3.21. The third kappa shape index (κ3) is 3.61. The van der Waals surface area contributed by atoms with E-state index in [1.165, 1.54) is 24.3 Å². The van der Waals surface area contributed by atoms with Gasteiger partial charge in [-0.05, 0) is 35.4 Å². The smallest absolute Gasteiger partial charge is 0.236 e. The minimum absolute atomic E-state index is 0.204. The van der Waals surface area contributed by atoms with Crippen molar-refractivity contribution >= 4 is 38.3 Å². The fourth-order valence-electron chi connectivity index (χ4n) is 2.87. The van der Waals surface area contributed by atoms with Gasteiger partial charge < -0.3 is 4.90 Å². The van der Waals surface area contributed by atoms with E-state index in [0.29, 0.717) is 11.3 Å². The number of hydrogen-bond acceptors (Lipinski definition) is 5. The Morgan fingerprint density at radius 1 is 1.12 bits per heavy atom. The summed E-state index contributed by atoms with van der Waals surface area (Å²) in [5.41, 5.74) is 3.14. The number of nitrogens with zero attached hydrogens (tertiary/aromatic N) is 2. The summed E-state index contributed by atoms with van der Waals surface area (Å²) >= 11 is 1.61. The van der Waals surface area contributed by atoms with Gasteiger partial charge in [0.25, 0.3) is 0 Å². The Hall–Kier alpha value is -2.32. The van der Waals surface area contributed by atoms with Crippen molar-refractivity contribution < 1.29 is 12.8 Å². The van der Waals surface area contributed by atoms with E-state index in [0.717, 1.165) is 29.5 Å². The molecule has 2 aliphatic heterocycles. The highest BCUT2D eigenvalue weighted by Gasteiger charge is 2.26. The van der Waals surface area contributed by atoms with E-state index in [1.54, 1.807) is 23.9 Å². The lowest BCUT2D eigenvalue weighted by Crippen LogP contribution is -2.19. The molecule has 2 aromatic rings. The van der Waals surface area contributed by atoms with E-state index < -0.39 is 10.0 Å². The van der Waals surface area contributed by atoms with Gasteiger partial charge in [0.15, 0.2) is 5.17 Å². The van der Waals surface area contributed by atoms with Gasteiger partial charge in [0.1, 0.15) is 5.82 Å². The molecule has 0 saturated carbocycles. The Labute approximate surface area is 155 Å². The molecule has 8 heteroatoms. The largest absolute Gasteiger partial charge is 0.318 e. The Kier molecular flexibility index (Phi) is 4.46. The number of amidine groups is 1. The lowest BCUT2D eigenvalue weighted by molar-refractivity contribution is 0.600. The van der Waals surface area contributed by atoms with Gasteiger partial charge >= 0.3 is 0 Å². The Morgan fingerprint density at radius 2 is 1.85 bits per heavy atom. The van der Waals surface area contributed by atoms with Crippen LogP contribution in [-0.2, 0) is 15.8 Å². The molecule has 2 aromatic carbocycles. The molecule has 0 saturated heterocycles. The van der Waals surface area contributed by atoms with Crippen molar-refractivity contribution in [2.45, 2.75) is 5.75 Å². The molecule has 0 radical (unpaired) electrons. The van der Waals surface area contributed by atoms with Crippen molar-refractivity contribution in [1.29, 1.82) is 0 Å². The molecule has 4 rings (SSSR count). The number of nitrogens with one attached hydrogen (secondary N) is 1. The number of thioether (sulfide) groups is 1. The molecule has 0 bridgehead atoms. The first-order chi connectivity index (χ1) is 12.5. The highest BCUT2D eigenvalue weighted by atomic mass is 32.2. The number of sulfonamides is 1. The first-order valence-electron chi connectivity index (χ1n) is 8.04. The summed E-state index contributed by atoms with van der Waals surface area (Å²) in [7, 11) is -3.57. The minimum atomic E-state index is -3.57. The monoisotopic (exact) mass is 389 g/mol. The zero-order valence-electron chi connectivity index (χ0n) is 13.7. The summed E-state index contributed by atoms with van der Waals surface area (Å²) in [5, 5.41) is 3.08. The van der Waals surface area contributed by atoms with Crippen molar-refractivity contribution in [3.63, 3.8) is 0 Å². The van der Waals surface area contributed by atoms with E-state index in [1.807, 2.05) is 12.1 Å². The van der Waals surface area contributed by atoms with Crippen LogP contribution in [0.3, 0.4) is 0 Å². The van der Waals surface area contributed by atoms with Crippen LogP contribution >= 0.6 is 11.8 Å². The van der Waals surface area contributed by atoms with Gasteiger partial charge in [-0.25, -0.2) is 12.8 Å². The summed E-state index contributed by atoms with van der Waals surface area (Å²) in [4.78, 5) is 6.59. The number of benzene rings is 2. The summed E-state index contributed by atoms with van der Waals surface area (Å²) in [6.07, 6.45) is 0. The van der Waals surface area contributed by atoms with Crippen molar-refractivity contribution in [3.05, 3.63) is 70.9 Å². The van der Waals surface area contributed by atoms with Gasteiger partial charge in [-0.3, -0.25) is 9.71 Å². The van der Waals surface area contributed by atoms with Crippen LogP contribution in [0.4, 0.5) is 10.1 Å². The number of halogens is 1. The van der Waals surface area contributed by atoms with Crippen LogP contribution in [0.2, 0.25) is 0 Å². The molecule has 5 nitrogen and oxygen atoms in total. The second kappa shape index (κ2) is 6.77. The van der Waals surface area contributed by atoms with Crippen LogP contribution in [0, 0.1) is 5.82 Å². The molecule has 0 spiro atoms. The quantitative estimate of drug-likeness (QED) is 0.850. The summed E-state index contributed by atoms with van der Waals surface area (Å²) in [6.45, 7) is 1.68. The number of hydrogen-bond donors (Lipinski definition) is 1. The van der Waals surface area contributed by atoms with Crippen LogP contribution in [-0.4, -0.2) is 31.6 Å². The van der Waals surface area contributed by atoms with E-state index in [2.05, 4.69) is 20.0 Å². The molecule has 0 atom stereocenters. The molecule has 0 unspecified atom stereocenters. The molecule has 2 heterocycles. The van der Waals surface area contributed by atoms with E-state index >= 15 is 0 Å². The highest BCUT2D eigenvalue weighted by molar-refractivity contribution is 8.16. The predicted molar refractivity (Wildman–Crippen MR) is 104 cm³/mol. The van der Waals surface area contributed by atoms with Gasteiger partial charge in [0, 0.05) is 17.6 Å². The minimum Gasteiger partial charge on any atom is -0.318 e. The van der Waals surface area contributed by atoms with Gasteiger partial charge in [0.05, 0.1) is 18.0 Å². The van der Waals surface area contributed by atoms with E-state index in [4.69, 9.17) is 0 Å². The number of anilines is 1. The third-order valence-electron chi connectivity index (χ3n) is 4.09. The Balaban J connectivity index is 1.45. The fourth-order valence-corrected chi connectivity index (χ4v) is 5.03. The second-order valence-electron chi connectivity index (χ2n) is 6.00. The van der Waals surface area contributed by atoms with Crippen LogP contribution in [0.5, 0.6) is 0 Å². The molecule has 0 aliphatic carbocycles. The lowest BCUT2D eigenvalue weighted by atomic mass is 10.1. The van der Waals surface area contributed by atoms with Crippen molar-refractivity contribution in [2.24, 2.45) is 4.99 Å². The lowest BCUT2D eigenvalue weighted by Gasteiger charge is -2.17. The number of fused-ring (bicyclic) bond motifs is 1. The van der Waals surface area contributed by atoms with Crippen molar-refractivity contribution in [3.8, 4) is 0 Å². The Bertz CT molecular complexity index is 984. The van der Waals surface area contributed by atoms with Crippen molar-refractivity contribution in [1.82, 2.24) is 4.90 Å². The molecule has 134 valence electrons. The van der Waals surface area contributed by atoms with Crippen LogP contribution < -0.4 is 4.72 Å². The summed E-state index contributed by atoms with van der Waals surface area (Å²) in [6, 6.07) is 12.7. The first kappa shape index (κ1) is 17.1. The molecular weight excluding hydrogens is 373 g/mol. The maximum atomic E-state index is 12.9. The number of aliphatic imine (C=N–C) groups is 1. The number of rotatable bonds is 5. The van der Waals surface area contributed by atoms with Crippen LogP contribution in [0.25, 0.3) is 5.70 Å². The Morgan fingerprint density at radius 3 is 2.58 bits per heavy atom. The fraction of sp³-hybridized carbons (Fsp3) is 0.167. The molecule has 0 fully saturated rings. The highest BCUT2D eigenvalue weighted by Crippen LogP contribution is 2.35. The molecule has 26 heavy (non-hydrogen) atoms. The SMILES string of the molecule is O=S(=O)(Cc1ccc(F)cc1)Nc1ccc(C2=CSC3=NCCN23)cc1. The molecule has 1 N–H and O–H groups in total. The normalized spacial score (nSPS) is 16.3. The van der Waals surface area contributed by atoms with Gasteiger partial charge in [-0.2, -0.15) is 0 Å². The van der Waals surface area contributed by atoms with Gasteiger partial charge in [-0.1, -0.05) is 36.0 Å². The summed E-state index contributed by atoms with van der Waals surface area (Å²) in [5.74, 6) is -0.593. The zero-order chi connectivity index (χ0) is 18.1. The molecular formula is C18H16FN3O2S2. The molecule has 0 aromatic heterocycles. The summed E-state index contributed by atoms with van der Waals surface area (Å²) < 4.78 is 40.1. The second-order valence-corrected chi connectivity index (χ2v) is 8.56. The standard InChI is InChI=1S/C18H16FN3O2S2/c19-15-5-1-13(2-6-15)12-26(23,24)21-16-7-3-14(4-8-16)17-11-25-18-20-9-10-22(17)18/h1-8,11,21H,9-10,12H2. The maximum absolute atomic E-state index is 12.9. The predicted octanol–water partition coefficient (Wildman–Crippen LogP) is 3.48. The first-order valence-corrected chi connectivity index (χ1v) is 10.6. The topological polar surface area (TPSA) is 61.8 Å². The third-order valence-corrected chi connectivity index (χ3v) is 6.25. The van der Waals surface area contributed by atoms with E-state index in [-0.39, 0.29) is 11.6 Å².